The summed E-state index contributed by atoms with van der Waals surface area (Å²) in [5, 5.41) is 20.0. The number of carbonyl (C=O) groups is 1. The van der Waals surface area contributed by atoms with Gasteiger partial charge in [-0.05, 0) is 24.1 Å². The van der Waals surface area contributed by atoms with E-state index in [4.69, 9.17) is 0 Å². The zero-order valence-electron chi connectivity index (χ0n) is 13.0. The summed E-state index contributed by atoms with van der Waals surface area (Å²) in [4.78, 5) is 11.9. The number of benzene rings is 1. The number of β-amino-alcohol motifs (C(OH)–C–C–N with tert-alkyl or cyclic N) is 1. The fourth-order valence-corrected chi connectivity index (χ4v) is 2.73. The average molecular weight is 314 g/mol. The molecule has 0 aliphatic carbocycles. The van der Waals surface area contributed by atoms with Gasteiger partial charge in [0.25, 0.3) is 0 Å². The quantitative estimate of drug-likeness (QED) is 0.725. The van der Waals surface area contributed by atoms with Crippen LogP contribution in [-0.2, 0) is 11.2 Å². The smallest absolute Gasteiger partial charge is 0.220 e. The molecule has 2 unspecified atom stereocenters. The molecule has 2 heterocycles. The van der Waals surface area contributed by atoms with E-state index in [2.05, 4.69) is 15.7 Å². The summed E-state index contributed by atoms with van der Waals surface area (Å²) >= 11 is 0. The van der Waals surface area contributed by atoms with Gasteiger partial charge in [-0.1, -0.05) is 18.2 Å². The first kappa shape index (κ1) is 15.7. The van der Waals surface area contributed by atoms with E-state index in [1.807, 2.05) is 41.2 Å². The second-order valence-electron chi connectivity index (χ2n) is 5.92. The van der Waals surface area contributed by atoms with Gasteiger partial charge >= 0.3 is 0 Å². The third-order valence-corrected chi connectivity index (χ3v) is 4.16. The molecule has 0 radical (unpaired) electrons. The van der Waals surface area contributed by atoms with Crippen LogP contribution in [0.25, 0.3) is 5.69 Å². The van der Waals surface area contributed by atoms with E-state index in [0.29, 0.717) is 25.9 Å². The van der Waals surface area contributed by atoms with Crippen LogP contribution in [0.1, 0.15) is 12.0 Å². The second-order valence-corrected chi connectivity index (χ2v) is 5.92. The number of carbonyl (C=O) groups excluding carboxylic acids is 1. The molecule has 1 amide bonds. The first-order valence-corrected chi connectivity index (χ1v) is 7.97. The number of aryl methyl sites for hydroxylation is 1. The molecule has 23 heavy (non-hydrogen) atoms. The number of hydrogen-bond acceptors (Lipinski definition) is 4. The normalized spacial score (nSPS) is 20.6. The highest BCUT2D eigenvalue weighted by Crippen LogP contribution is 2.10. The fraction of sp³-hybridized carbons (Fsp3) is 0.412. The number of nitrogens with zero attached hydrogens (tertiary/aromatic N) is 2. The summed E-state index contributed by atoms with van der Waals surface area (Å²) in [5.74, 6) is 0.122. The molecule has 1 aromatic heterocycles. The predicted octanol–water partition coefficient (Wildman–Crippen LogP) is 0.501. The van der Waals surface area contributed by atoms with Crippen molar-refractivity contribution >= 4 is 5.91 Å². The molecule has 1 aliphatic rings. The molecule has 6 heteroatoms. The van der Waals surface area contributed by atoms with Gasteiger partial charge in [0.05, 0.1) is 18.0 Å². The lowest BCUT2D eigenvalue weighted by Gasteiger charge is -2.13. The number of para-hydroxylation sites is 1. The molecule has 0 bridgehead atoms. The van der Waals surface area contributed by atoms with E-state index < -0.39 is 0 Å². The lowest BCUT2D eigenvalue weighted by molar-refractivity contribution is -0.121. The molecule has 2 aromatic rings. The van der Waals surface area contributed by atoms with E-state index in [9.17, 15) is 9.90 Å². The number of aliphatic hydroxyl groups is 1. The standard InChI is InChI=1S/C17H22N4O2/c22-16-11-18-9-14(16)10-19-17(23)7-6-13-8-20-21(12-13)15-4-2-1-3-5-15/h1-5,8,12,14,16,18,22H,6-7,9-11H2,(H,19,23). The molecule has 0 spiro atoms. The van der Waals surface area contributed by atoms with E-state index in [-0.39, 0.29) is 17.9 Å². The van der Waals surface area contributed by atoms with E-state index in [0.717, 1.165) is 17.8 Å². The van der Waals surface area contributed by atoms with Gasteiger partial charge in [0.1, 0.15) is 0 Å². The summed E-state index contributed by atoms with van der Waals surface area (Å²) in [6.45, 7) is 1.89. The van der Waals surface area contributed by atoms with Crippen molar-refractivity contribution in [2.24, 2.45) is 5.92 Å². The highest BCUT2D eigenvalue weighted by molar-refractivity contribution is 5.76. The van der Waals surface area contributed by atoms with Gasteiger partial charge in [-0.2, -0.15) is 5.10 Å². The van der Waals surface area contributed by atoms with Gasteiger partial charge in [0, 0.05) is 38.2 Å². The second kappa shape index (κ2) is 7.39. The monoisotopic (exact) mass is 314 g/mol. The van der Waals surface area contributed by atoms with E-state index in [1.54, 1.807) is 6.20 Å². The minimum Gasteiger partial charge on any atom is -0.391 e. The fourth-order valence-electron chi connectivity index (χ4n) is 2.73. The first-order valence-electron chi connectivity index (χ1n) is 7.97. The van der Waals surface area contributed by atoms with Crippen molar-refractivity contribution < 1.29 is 9.90 Å². The Morgan fingerprint density at radius 2 is 2.17 bits per heavy atom. The van der Waals surface area contributed by atoms with Gasteiger partial charge in [-0.3, -0.25) is 4.79 Å². The van der Waals surface area contributed by atoms with Crippen LogP contribution >= 0.6 is 0 Å². The molecular formula is C17H22N4O2. The maximum Gasteiger partial charge on any atom is 0.220 e. The number of amides is 1. The number of nitrogens with one attached hydrogen (secondary N) is 2. The van der Waals surface area contributed by atoms with Gasteiger partial charge in [0.2, 0.25) is 5.91 Å². The van der Waals surface area contributed by atoms with Crippen molar-refractivity contribution in [1.29, 1.82) is 0 Å². The molecule has 6 nitrogen and oxygen atoms in total. The zero-order valence-corrected chi connectivity index (χ0v) is 13.0. The molecule has 3 rings (SSSR count). The molecule has 1 fully saturated rings. The minimum absolute atomic E-state index is 0.0107. The van der Waals surface area contributed by atoms with Crippen LogP contribution in [0.4, 0.5) is 0 Å². The highest BCUT2D eigenvalue weighted by atomic mass is 16.3. The summed E-state index contributed by atoms with van der Waals surface area (Å²) in [6.07, 6.45) is 4.47. The Labute approximate surface area is 135 Å². The van der Waals surface area contributed by atoms with Crippen LogP contribution in [-0.4, -0.2) is 46.5 Å². The summed E-state index contributed by atoms with van der Waals surface area (Å²) < 4.78 is 1.81. The van der Waals surface area contributed by atoms with Crippen LogP contribution in [0.15, 0.2) is 42.7 Å². The summed E-state index contributed by atoms with van der Waals surface area (Å²) in [5.41, 5.74) is 2.04. The molecule has 1 saturated heterocycles. The molecule has 0 saturated carbocycles. The van der Waals surface area contributed by atoms with E-state index >= 15 is 0 Å². The summed E-state index contributed by atoms with van der Waals surface area (Å²) in [7, 11) is 0. The van der Waals surface area contributed by atoms with Crippen LogP contribution < -0.4 is 10.6 Å². The number of hydrogen-bond donors (Lipinski definition) is 3. The van der Waals surface area contributed by atoms with Gasteiger partial charge in [-0.25, -0.2) is 4.68 Å². The minimum atomic E-state index is -0.362. The van der Waals surface area contributed by atoms with Crippen molar-refractivity contribution in [2.75, 3.05) is 19.6 Å². The van der Waals surface area contributed by atoms with Crippen molar-refractivity contribution in [2.45, 2.75) is 18.9 Å². The SMILES string of the molecule is O=C(CCc1cnn(-c2ccccc2)c1)NCC1CNCC1O. The lowest BCUT2D eigenvalue weighted by atomic mass is 10.1. The largest absolute Gasteiger partial charge is 0.391 e. The maximum absolute atomic E-state index is 11.9. The highest BCUT2D eigenvalue weighted by Gasteiger charge is 2.24. The third kappa shape index (κ3) is 4.18. The Hall–Kier alpha value is -2.18. The third-order valence-electron chi connectivity index (χ3n) is 4.16. The van der Waals surface area contributed by atoms with Crippen molar-refractivity contribution in [3.63, 3.8) is 0 Å². The Kier molecular flexibility index (Phi) is 5.05. The topological polar surface area (TPSA) is 79.2 Å². The lowest BCUT2D eigenvalue weighted by Crippen LogP contribution is -2.34. The van der Waals surface area contributed by atoms with Crippen molar-refractivity contribution in [3.05, 3.63) is 48.3 Å². The molecule has 2 atom stereocenters. The van der Waals surface area contributed by atoms with E-state index in [1.165, 1.54) is 0 Å². The Balaban J connectivity index is 1.45. The first-order chi connectivity index (χ1) is 11.2. The Morgan fingerprint density at radius 3 is 2.91 bits per heavy atom. The van der Waals surface area contributed by atoms with Crippen molar-refractivity contribution in [3.8, 4) is 5.69 Å². The molecule has 3 N–H and O–H groups in total. The van der Waals surface area contributed by atoms with Crippen molar-refractivity contribution in [1.82, 2.24) is 20.4 Å². The van der Waals surface area contributed by atoms with Crippen LogP contribution in [0.2, 0.25) is 0 Å². The summed E-state index contributed by atoms with van der Waals surface area (Å²) in [6, 6.07) is 9.89. The zero-order chi connectivity index (χ0) is 16.1. The predicted molar refractivity (Wildman–Crippen MR) is 87.3 cm³/mol. The molecule has 122 valence electrons. The number of rotatable bonds is 6. The van der Waals surface area contributed by atoms with Gasteiger partial charge < -0.3 is 15.7 Å². The number of aliphatic hydroxyl groups excluding tert-OH is 1. The Bertz CT molecular complexity index is 641. The molecule has 1 aliphatic heterocycles. The van der Waals surface area contributed by atoms with Gasteiger partial charge in [0.15, 0.2) is 0 Å². The Morgan fingerprint density at radius 1 is 1.35 bits per heavy atom. The average Bonchev–Trinajstić information content (AvgIpc) is 3.21. The molecule has 1 aromatic carbocycles. The maximum atomic E-state index is 11.9. The molecular weight excluding hydrogens is 292 g/mol. The number of aromatic nitrogens is 2. The van der Waals surface area contributed by atoms with Crippen LogP contribution in [0.3, 0.4) is 0 Å². The van der Waals surface area contributed by atoms with Crippen LogP contribution in [0, 0.1) is 5.92 Å². The van der Waals surface area contributed by atoms with Gasteiger partial charge in [-0.15, -0.1) is 0 Å². The van der Waals surface area contributed by atoms with Crippen LogP contribution in [0.5, 0.6) is 0 Å².